The van der Waals surface area contributed by atoms with Gasteiger partial charge in [-0.1, -0.05) is 32.4 Å². The summed E-state index contributed by atoms with van der Waals surface area (Å²) in [4.78, 5) is 11.9. The SMILES string of the molecule is CCCC(O)CNC(=O)NC(CC)c1ccc(OC)cc1. The highest BCUT2D eigenvalue weighted by Crippen LogP contribution is 2.19. The summed E-state index contributed by atoms with van der Waals surface area (Å²) >= 11 is 0. The third-order valence-corrected chi connectivity index (χ3v) is 3.35. The number of rotatable bonds is 8. The number of aliphatic hydroxyl groups is 1. The number of ether oxygens (including phenoxy) is 1. The predicted octanol–water partition coefficient (Wildman–Crippen LogP) is 2.61. The van der Waals surface area contributed by atoms with Gasteiger partial charge in [-0.05, 0) is 30.5 Å². The van der Waals surface area contributed by atoms with E-state index in [1.54, 1.807) is 7.11 Å². The van der Waals surface area contributed by atoms with E-state index in [0.717, 1.165) is 24.2 Å². The van der Waals surface area contributed by atoms with Crippen LogP contribution < -0.4 is 15.4 Å². The van der Waals surface area contributed by atoms with Crippen molar-refractivity contribution in [2.24, 2.45) is 0 Å². The molecule has 0 aliphatic heterocycles. The van der Waals surface area contributed by atoms with Crippen LogP contribution in [0.4, 0.5) is 4.79 Å². The number of benzene rings is 1. The zero-order valence-electron chi connectivity index (χ0n) is 13.1. The average molecular weight is 294 g/mol. The number of hydrogen-bond acceptors (Lipinski definition) is 3. The first-order valence-corrected chi connectivity index (χ1v) is 7.47. The van der Waals surface area contributed by atoms with Crippen molar-refractivity contribution in [3.63, 3.8) is 0 Å². The Morgan fingerprint density at radius 3 is 2.48 bits per heavy atom. The first kappa shape index (κ1) is 17.3. The molecule has 0 heterocycles. The van der Waals surface area contributed by atoms with Gasteiger partial charge >= 0.3 is 6.03 Å². The zero-order chi connectivity index (χ0) is 15.7. The van der Waals surface area contributed by atoms with Gasteiger partial charge in [0.1, 0.15) is 5.75 Å². The molecule has 5 nitrogen and oxygen atoms in total. The molecule has 3 N–H and O–H groups in total. The van der Waals surface area contributed by atoms with Crippen LogP contribution in [0.5, 0.6) is 5.75 Å². The summed E-state index contributed by atoms with van der Waals surface area (Å²) in [5.74, 6) is 0.792. The Balaban J connectivity index is 2.50. The fourth-order valence-electron chi connectivity index (χ4n) is 2.11. The van der Waals surface area contributed by atoms with Crippen molar-refractivity contribution < 1.29 is 14.6 Å². The number of nitrogens with one attached hydrogen (secondary N) is 2. The highest BCUT2D eigenvalue weighted by molar-refractivity contribution is 5.74. The van der Waals surface area contributed by atoms with E-state index in [1.807, 2.05) is 38.1 Å². The Morgan fingerprint density at radius 1 is 1.29 bits per heavy atom. The summed E-state index contributed by atoms with van der Waals surface area (Å²) < 4.78 is 5.12. The molecular weight excluding hydrogens is 268 g/mol. The van der Waals surface area contributed by atoms with Crippen LogP contribution >= 0.6 is 0 Å². The first-order valence-electron chi connectivity index (χ1n) is 7.47. The van der Waals surface area contributed by atoms with Crippen molar-refractivity contribution in [2.45, 2.75) is 45.3 Å². The molecule has 1 aromatic rings. The molecule has 2 amide bonds. The van der Waals surface area contributed by atoms with Crippen molar-refractivity contribution >= 4 is 6.03 Å². The van der Waals surface area contributed by atoms with Gasteiger partial charge in [0.05, 0.1) is 19.3 Å². The van der Waals surface area contributed by atoms with Crippen LogP contribution in [0.15, 0.2) is 24.3 Å². The molecular formula is C16H26N2O3. The molecule has 21 heavy (non-hydrogen) atoms. The quantitative estimate of drug-likeness (QED) is 0.690. The van der Waals surface area contributed by atoms with Gasteiger partial charge in [0.2, 0.25) is 0 Å². The maximum atomic E-state index is 11.9. The minimum atomic E-state index is -0.484. The van der Waals surface area contributed by atoms with Crippen molar-refractivity contribution in [3.05, 3.63) is 29.8 Å². The van der Waals surface area contributed by atoms with Gasteiger partial charge in [-0.2, -0.15) is 0 Å². The lowest BCUT2D eigenvalue weighted by Crippen LogP contribution is -2.41. The lowest BCUT2D eigenvalue weighted by molar-refractivity contribution is 0.160. The fraction of sp³-hybridized carbons (Fsp3) is 0.562. The summed E-state index contributed by atoms with van der Waals surface area (Å²) in [6.45, 7) is 4.29. The monoisotopic (exact) mass is 294 g/mol. The van der Waals surface area contributed by atoms with Gasteiger partial charge < -0.3 is 20.5 Å². The van der Waals surface area contributed by atoms with E-state index in [4.69, 9.17) is 4.74 Å². The number of aliphatic hydroxyl groups excluding tert-OH is 1. The third kappa shape index (κ3) is 6.04. The Hall–Kier alpha value is -1.75. The molecule has 0 saturated heterocycles. The molecule has 5 heteroatoms. The van der Waals surface area contributed by atoms with Crippen LogP contribution in [0, 0.1) is 0 Å². The number of methoxy groups -OCH3 is 1. The van der Waals surface area contributed by atoms with Gasteiger partial charge in [-0.3, -0.25) is 0 Å². The average Bonchev–Trinajstić information content (AvgIpc) is 2.51. The second kappa shape index (κ2) is 9.23. The van der Waals surface area contributed by atoms with E-state index in [1.165, 1.54) is 0 Å². The Kier molecular flexibility index (Phi) is 7.61. The lowest BCUT2D eigenvalue weighted by Gasteiger charge is -2.19. The summed E-state index contributed by atoms with van der Waals surface area (Å²) in [6.07, 6.45) is 1.89. The largest absolute Gasteiger partial charge is 0.497 e. The minimum Gasteiger partial charge on any atom is -0.497 e. The van der Waals surface area contributed by atoms with Gasteiger partial charge in [0.15, 0.2) is 0 Å². The molecule has 0 aliphatic rings. The fourth-order valence-corrected chi connectivity index (χ4v) is 2.11. The molecule has 0 aliphatic carbocycles. The second-order valence-electron chi connectivity index (χ2n) is 5.03. The molecule has 2 unspecified atom stereocenters. The van der Waals surface area contributed by atoms with Gasteiger partial charge in [-0.25, -0.2) is 4.79 Å². The second-order valence-corrected chi connectivity index (χ2v) is 5.03. The predicted molar refractivity (Wildman–Crippen MR) is 83.5 cm³/mol. The number of hydrogen-bond donors (Lipinski definition) is 3. The van der Waals surface area contributed by atoms with Crippen LogP contribution in [0.2, 0.25) is 0 Å². The van der Waals surface area contributed by atoms with Gasteiger partial charge in [-0.15, -0.1) is 0 Å². The Morgan fingerprint density at radius 2 is 1.95 bits per heavy atom. The molecule has 0 radical (unpaired) electrons. The van der Waals surface area contributed by atoms with Crippen molar-refractivity contribution in [1.82, 2.24) is 10.6 Å². The van der Waals surface area contributed by atoms with Crippen LogP contribution in [-0.2, 0) is 0 Å². The zero-order valence-corrected chi connectivity index (χ0v) is 13.1. The smallest absolute Gasteiger partial charge is 0.315 e. The highest BCUT2D eigenvalue weighted by atomic mass is 16.5. The number of carbonyl (C=O) groups excluding carboxylic acids is 1. The summed E-state index contributed by atoms with van der Waals surface area (Å²) in [5, 5.41) is 15.2. The molecule has 118 valence electrons. The number of urea groups is 1. The minimum absolute atomic E-state index is 0.0563. The topological polar surface area (TPSA) is 70.6 Å². The van der Waals surface area contributed by atoms with Crippen LogP contribution in [-0.4, -0.2) is 30.9 Å². The van der Waals surface area contributed by atoms with Crippen LogP contribution in [0.3, 0.4) is 0 Å². The maximum Gasteiger partial charge on any atom is 0.315 e. The van der Waals surface area contributed by atoms with E-state index >= 15 is 0 Å². The summed E-state index contributed by atoms with van der Waals surface area (Å²) in [6, 6.07) is 7.33. The van der Waals surface area contributed by atoms with Crippen LogP contribution in [0.25, 0.3) is 0 Å². The maximum absolute atomic E-state index is 11.9. The van der Waals surface area contributed by atoms with Crippen molar-refractivity contribution in [1.29, 1.82) is 0 Å². The standard InChI is InChI=1S/C16H26N2O3/c1-4-6-13(19)11-17-16(20)18-15(5-2)12-7-9-14(21-3)10-8-12/h7-10,13,15,19H,4-6,11H2,1-3H3,(H2,17,18,20). The van der Waals surface area contributed by atoms with Gasteiger partial charge in [0, 0.05) is 6.54 Å². The number of amides is 2. The summed E-state index contributed by atoms with van der Waals surface area (Å²) in [5.41, 5.74) is 1.03. The van der Waals surface area contributed by atoms with E-state index in [2.05, 4.69) is 10.6 Å². The van der Waals surface area contributed by atoms with E-state index < -0.39 is 6.10 Å². The molecule has 0 fully saturated rings. The number of carbonyl (C=O) groups is 1. The lowest BCUT2D eigenvalue weighted by atomic mass is 10.0. The normalized spacial score (nSPS) is 13.3. The van der Waals surface area contributed by atoms with Crippen molar-refractivity contribution in [2.75, 3.05) is 13.7 Å². The molecule has 0 spiro atoms. The molecule has 0 aromatic heterocycles. The Bertz CT molecular complexity index is 420. The molecule has 1 aromatic carbocycles. The van der Waals surface area contributed by atoms with E-state index in [-0.39, 0.29) is 18.6 Å². The van der Waals surface area contributed by atoms with E-state index in [9.17, 15) is 9.90 Å². The first-order chi connectivity index (χ1) is 10.1. The molecule has 0 saturated carbocycles. The summed E-state index contributed by atoms with van der Waals surface area (Å²) in [7, 11) is 1.62. The third-order valence-electron chi connectivity index (χ3n) is 3.35. The highest BCUT2D eigenvalue weighted by Gasteiger charge is 2.13. The molecule has 0 bridgehead atoms. The van der Waals surface area contributed by atoms with Crippen molar-refractivity contribution in [3.8, 4) is 5.75 Å². The molecule has 1 rings (SSSR count). The van der Waals surface area contributed by atoms with Crippen LogP contribution in [0.1, 0.15) is 44.7 Å². The van der Waals surface area contributed by atoms with E-state index in [0.29, 0.717) is 6.42 Å². The molecule has 2 atom stereocenters. The van der Waals surface area contributed by atoms with Gasteiger partial charge in [0.25, 0.3) is 0 Å². The Labute approximate surface area is 126 Å².